The topological polar surface area (TPSA) is 68.6 Å². The van der Waals surface area contributed by atoms with Crippen molar-refractivity contribution in [3.05, 3.63) is 53.6 Å². The number of carbonyl (C=O) groups is 1. The van der Waals surface area contributed by atoms with Gasteiger partial charge in [0.1, 0.15) is 5.75 Å². The molecule has 0 spiro atoms. The molecule has 0 aliphatic heterocycles. The smallest absolute Gasteiger partial charge is 0.311 e. The third-order valence-corrected chi connectivity index (χ3v) is 3.98. The molecule has 2 aromatic carbocycles. The third-order valence-electron chi connectivity index (χ3n) is 3.98. The van der Waals surface area contributed by atoms with E-state index in [1.54, 1.807) is 43.5 Å². The number of hydrogen-bond donors (Lipinski definition) is 0. The molecule has 0 aliphatic rings. The van der Waals surface area contributed by atoms with Gasteiger partial charge in [0.25, 0.3) is 0 Å². The van der Waals surface area contributed by atoms with Gasteiger partial charge in [0.15, 0.2) is 11.5 Å². The molecule has 5 nitrogen and oxygen atoms in total. The fraction of sp³-hybridized carbons (Fsp3) is 0.273. The Labute approximate surface area is 159 Å². The van der Waals surface area contributed by atoms with Crippen molar-refractivity contribution in [1.29, 1.82) is 5.26 Å². The summed E-state index contributed by atoms with van der Waals surface area (Å²) >= 11 is 0. The Kier molecular flexibility index (Phi) is 7.45. The predicted molar refractivity (Wildman–Crippen MR) is 105 cm³/mol. The van der Waals surface area contributed by atoms with E-state index in [4.69, 9.17) is 14.2 Å². The van der Waals surface area contributed by atoms with Crippen molar-refractivity contribution >= 4 is 17.6 Å². The van der Waals surface area contributed by atoms with Crippen LogP contribution in [0.4, 0.5) is 0 Å². The quantitative estimate of drug-likeness (QED) is 0.289. The molecule has 0 aromatic heterocycles. The van der Waals surface area contributed by atoms with Crippen LogP contribution in [0.3, 0.4) is 0 Å². The van der Waals surface area contributed by atoms with Gasteiger partial charge < -0.3 is 14.2 Å². The van der Waals surface area contributed by atoms with Crippen LogP contribution in [0.25, 0.3) is 11.6 Å². The summed E-state index contributed by atoms with van der Waals surface area (Å²) in [4.78, 5) is 11.8. The number of unbranched alkanes of at least 4 members (excludes halogenated alkanes) is 1. The van der Waals surface area contributed by atoms with Gasteiger partial charge in [0.05, 0.1) is 25.9 Å². The summed E-state index contributed by atoms with van der Waals surface area (Å²) in [5.74, 6) is 1.26. The summed E-state index contributed by atoms with van der Waals surface area (Å²) in [6.07, 6.45) is 3.85. The summed E-state index contributed by atoms with van der Waals surface area (Å²) in [5.41, 5.74) is 2.06. The SMILES string of the molecule is CCCCC(=O)Oc1ccc(/C=C(/C#N)c2ccc(OC)cc2)cc1OC. The van der Waals surface area contributed by atoms with E-state index >= 15 is 0 Å². The largest absolute Gasteiger partial charge is 0.497 e. The molecule has 5 heteroatoms. The first kappa shape index (κ1) is 20.1. The van der Waals surface area contributed by atoms with Crippen molar-refractivity contribution in [3.8, 4) is 23.3 Å². The molecule has 140 valence electrons. The maximum atomic E-state index is 11.8. The molecule has 2 rings (SSSR count). The minimum atomic E-state index is -0.283. The number of carbonyl (C=O) groups excluding carboxylic acids is 1. The van der Waals surface area contributed by atoms with Gasteiger partial charge in [-0.1, -0.05) is 19.4 Å². The number of hydrogen-bond acceptors (Lipinski definition) is 5. The van der Waals surface area contributed by atoms with E-state index in [9.17, 15) is 10.1 Å². The highest BCUT2D eigenvalue weighted by molar-refractivity contribution is 5.90. The molecule has 2 aromatic rings. The summed E-state index contributed by atoms with van der Waals surface area (Å²) in [5, 5.41) is 9.50. The van der Waals surface area contributed by atoms with E-state index < -0.39 is 0 Å². The Morgan fingerprint density at radius 1 is 1.07 bits per heavy atom. The molecule has 0 fully saturated rings. The number of benzene rings is 2. The Morgan fingerprint density at radius 2 is 1.81 bits per heavy atom. The van der Waals surface area contributed by atoms with E-state index in [1.165, 1.54) is 7.11 Å². The highest BCUT2D eigenvalue weighted by Crippen LogP contribution is 2.30. The first-order chi connectivity index (χ1) is 13.1. The van der Waals surface area contributed by atoms with E-state index in [2.05, 4.69) is 6.07 Å². The number of ether oxygens (including phenoxy) is 3. The molecular formula is C22H23NO4. The van der Waals surface area contributed by atoms with E-state index in [0.29, 0.717) is 23.5 Å². The third kappa shape index (κ3) is 5.61. The van der Waals surface area contributed by atoms with Crippen LogP contribution in [-0.2, 0) is 4.79 Å². The summed E-state index contributed by atoms with van der Waals surface area (Å²) in [6, 6.07) is 14.7. The number of allylic oxidation sites excluding steroid dienone is 1. The van der Waals surface area contributed by atoms with Crippen molar-refractivity contribution in [2.24, 2.45) is 0 Å². The average molecular weight is 365 g/mol. The molecule has 0 radical (unpaired) electrons. The van der Waals surface area contributed by atoms with Crippen molar-refractivity contribution < 1.29 is 19.0 Å². The second-order valence-corrected chi connectivity index (χ2v) is 5.89. The molecule has 0 heterocycles. The van der Waals surface area contributed by atoms with Gasteiger partial charge in [0.2, 0.25) is 0 Å². The zero-order chi connectivity index (χ0) is 19.6. The second kappa shape index (κ2) is 10.0. The van der Waals surface area contributed by atoms with Crippen LogP contribution in [-0.4, -0.2) is 20.2 Å². The minimum absolute atomic E-state index is 0.283. The zero-order valence-electron chi connectivity index (χ0n) is 15.8. The fourth-order valence-corrected chi connectivity index (χ4v) is 2.47. The Bertz CT molecular complexity index is 848. The standard InChI is InChI=1S/C22H23NO4/c1-4-5-6-22(24)27-20-12-7-16(14-21(20)26-3)13-18(15-23)17-8-10-19(25-2)11-9-17/h7-14H,4-6H2,1-3H3/b18-13-. The molecule has 0 atom stereocenters. The van der Waals surface area contributed by atoms with Gasteiger partial charge in [-0.05, 0) is 60.0 Å². The van der Waals surface area contributed by atoms with Gasteiger partial charge in [-0.15, -0.1) is 0 Å². The lowest BCUT2D eigenvalue weighted by Crippen LogP contribution is -2.08. The van der Waals surface area contributed by atoms with Crippen LogP contribution in [0.15, 0.2) is 42.5 Å². The Balaban J connectivity index is 2.25. The van der Waals surface area contributed by atoms with Crippen molar-refractivity contribution in [2.45, 2.75) is 26.2 Å². The first-order valence-corrected chi connectivity index (χ1v) is 8.76. The van der Waals surface area contributed by atoms with Crippen LogP contribution in [0.5, 0.6) is 17.2 Å². The van der Waals surface area contributed by atoms with Crippen molar-refractivity contribution in [1.82, 2.24) is 0 Å². The molecule has 0 saturated heterocycles. The number of nitrogens with zero attached hydrogens (tertiary/aromatic N) is 1. The zero-order valence-corrected chi connectivity index (χ0v) is 15.8. The fourth-order valence-electron chi connectivity index (χ4n) is 2.47. The first-order valence-electron chi connectivity index (χ1n) is 8.76. The van der Waals surface area contributed by atoms with Crippen LogP contribution in [0.1, 0.15) is 37.3 Å². The average Bonchev–Trinajstić information content (AvgIpc) is 2.71. The molecule has 0 amide bonds. The van der Waals surface area contributed by atoms with Gasteiger partial charge in [-0.25, -0.2) is 0 Å². The van der Waals surface area contributed by atoms with Gasteiger partial charge in [-0.2, -0.15) is 5.26 Å². The number of methoxy groups -OCH3 is 2. The van der Waals surface area contributed by atoms with Gasteiger partial charge in [-0.3, -0.25) is 4.79 Å². The maximum absolute atomic E-state index is 11.8. The molecular weight excluding hydrogens is 342 g/mol. The van der Waals surface area contributed by atoms with Crippen LogP contribution < -0.4 is 14.2 Å². The van der Waals surface area contributed by atoms with E-state index in [0.717, 1.165) is 29.7 Å². The van der Waals surface area contributed by atoms with Crippen LogP contribution in [0.2, 0.25) is 0 Å². The van der Waals surface area contributed by atoms with E-state index in [1.807, 2.05) is 19.1 Å². The number of nitriles is 1. The lowest BCUT2D eigenvalue weighted by molar-refractivity contribution is -0.134. The number of rotatable bonds is 8. The Hall–Kier alpha value is -3.26. The van der Waals surface area contributed by atoms with Crippen LogP contribution in [0, 0.1) is 11.3 Å². The predicted octanol–water partition coefficient (Wildman–Crippen LogP) is 4.86. The number of esters is 1. The maximum Gasteiger partial charge on any atom is 0.311 e. The normalized spacial score (nSPS) is 10.8. The van der Waals surface area contributed by atoms with Crippen molar-refractivity contribution in [2.75, 3.05) is 14.2 Å². The molecule has 0 saturated carbocycles. The van der Waals surface area contributed by atoms with Gasteiger partial charge in [0, 0.05) is 6.42 Å². The highest BCUT2D eigenvalue weighted by atomic mass is 16.6. The lowest BCUT2D eigenvalue weighted by atomic mass is 10.0. The molecule has 27 heavy (non-hydrogen) atoms. The molecule has 0 unspecified atom stereocenters. The van der Waals surface area contributed by atoms with E-state index in [-0.39, 0.29) is 5.97 Å². The monoisotopic (exact) mass is 365 g/mol. The van der Waals surface area contributed by atoms with Crippen molar-refractivity contribution in [3.63, 3.8) is 0 Å². The molecule has 0 N–H and O–H groups in total. The summed E-state index contributed by atoms with van der Waals surface area (Å²) in [7, 11) is 3.11. The van der Waals surface area contributed by atoms with Gasteiger partial charge >= 0.3 is 5.97 Å². The summed E-state index contributed by atoms with van der Waals surface area (Å²) in [6.45, 7) is 2.02. The van der Waals surface area contributed by atoms with Crippen LogP contribution >= 0.6 is 0 Å². The highest BCUT2D eigenvalue weighted by Gasteiger charge is 2.11. The minimum Gasteiger partial charge on any atom is -0.497 e. The molecule has 0 bridgehead atoms. The lowest BCUT2D eigenvalue weighted by Gasteiger charge is -2.10. The Morgan fingerprint density at radius 3 is 2.41 bits per heavy atom. The summed E-state index contributed by atoms with van der Waals surface area (Å²) < 4.78 is 15.8. The molecule has 0 aliphatic carbocycles. The second-order valence-electron chi connectivity index (χ2n) is 5.89.